The highest BCUT2D eigenvalue weighted by Gasteiger charge is 2.06. The van der Waals surface area contributed by atoms with Gasteiger partial charge in [0.05, 0.1) is 12.2 Å². The number of hydrogen-bond donors (Lipinski definition) is 3. The second-order valence-corrected chi connectivity index (χ2v) is 3.20. The molecule has 4 N–H and O–H groups in total. The zero-order chi connectivity index (χ0) is 10.7. The zero-order valence-electron chi connectivity index (χ0n) is 8.31. The van der Waals surface area contributed by atoms with Crippen molar-refractivity contribution in [1.82, 2.24) is 20.2 Å². The van der Waals surface area contributed by atoms with Crippen molar-refractivity contribution in [3.8, 4) is 0 Å². The first-order chi connectivity index (χ1) is 7.25. The fourth-order valence-corrected chi connectivity index (χ4v) is 1.26. The van der Waals surface area contributed by atoms with Crippen LogP contribution in [-0.4, -0.2) is 20.2 Å². The summed E-state index contributed by atoms with van der Waals surface area (Å²) in [6, 6.07) is 1.89. The third-order valence-electron chi connectivity index (χ3n) is 2.06. The molecule has 15 heavy (non-hydrogen) atoms. The number of nitrogens with one attached hydrogen (secondary N) is 2. The van der Waals surface area contributed by atoms with E-state index < -0.39 is 0 Å². The number of H-pyrrole nitrogens is 1. The highest BCUT2D eigenvalue weighted by Crippen LogP contribution is 2.15. The predicted molar refractivity (Wildman–Crippen MR) is 57.1 cm³/mol. The summed E-state index contributed by atoms with van der Waals surface area (Å²) in [6.07, 6.45) is 5.22. The number of nitrogens with zero attached hydrogens (tertiary/aromatic N) is 3. The van der Waals surface area contributed by atoms with Crippen molar-refractivity contribution in [1.29, 1.82) is 0 Å². The van der Waals surface area contributed by atoms with Crippen molar-refractivity contribution in [3.63, 3.8) is 0 Å². The van der Waals surface area contributed by atoms with E-state index in [4.69, 9.17) is 5.73 Å². The Morgan fingerprint density at radius 2 is 2.40 bits per heavy atom. The number of aromatic amines is 1. The maximum Gasteiger partial charge on any atom is 0.221 e. The molecule has 6 heteroatoms. The molecule has 0 aliphatic heterocycles. The van der Waals surface area contributed by atoms with Crippen molar-refractivity contribution < 1.29 is 0 Å². The molecule has 2 aromatic rings. The predicted octanol–water partition coefficient (Wildman–Crippen LogP) is 0.955. The number of aromatic nitrogens is 4. The summed E-state index contributed by atoms with van der Waals surface area (Å²) in [5.41, 5.74) is 6.53. The Labute approximate surface area is 86.9 Å². The van der Waals surface area contributed by atoms with E-state index in [1.807, 2.05) is 13.1 Å². The van der Waals surface area contributed by atoms with Gasteiger partial charge in [0.25, 0.3) is 0 Å². The smallest absolute Gasteiger partial charge is 0.221 e. The monoisotopic (exact) mass is 204 g/mol. The van der Waals surface area contributed by atoms with E-state index in [0.717, 1.165) is 5.56 Å². The van der Waals surface area contributed by atoms with Crippen molar-refractivity contribution in [3.05, 3.63) is 30.2 Å². The van der Waals surface area contributed by atoms with Crippen LogP contribution in [0.15, 0.2) is 24.7 Å². The minimum absolute atomic E-state index is 0.123. The molecular formula is C9H12N6. The number of anilines is 2. The Hall–Kier alpha value is -2.11. The van der Waals surface area contributed by atoms with Crippen LogP contribution in [0.5, 0.6) is 0 Å². The first-order valence-electron chi connectivity index (χ1n) is 4.59. The molecule has 0 aliphatic carbocycles. The highest BCUT2D eigenvalue weighted by atomic mass is 15.1. The van der Waals surface area contributed by atoms with E-state index in [1.54, 1.807) is 18.5 Å². The second kappa shape index (κ2) is 3.95. The summed E-state index contributed by atoms with van der Waals surface area (Å²) in [6.45, 7) is 2.02. The summed E-state index contributed by atoms with van der Waals surface area (Å²) >= 11 is 0. The molecule has 1 unspecified atom stereocenters. The van der Waals surface area contributed by atoms with Crippen molar-refractivity contribution in [2.75, 3.05) is 11.1 Å². The number of rotatable bonds is 3. The molecule has 0 saturated carbocycles. The largest absolute Gasteiger partial charge is 0.368 e. The van der Waals surface area contributed by atoms with Gasteiger partial charge in [-0.15, -0.1) is 0 Å². The van der Waals surface area contributed by atoms with Crippen LogP contribution in [0.4, 0.5) is 11.8 Å². The lowest BCUT2D eigenvalue weighted by Gasteiger charge is -2.12. The molecule has 2 heterocycles. The third kappa shape index (κ3) is 2.22. The van der Waals surface area contributed by atoms with Gasteiger partial charge in [0.2, 0.25) is 5.95 Å². The summed E-state index contributed by atoms with van der Waals surface area (Å²) < 4.78 is 0. The van der Waals surface area contributed by atoms with E-state index in [0.29, 0.717) is 5.82 Å². The summed E-state index contributed by atoms with van der Waals surface area (Å²) in [5, 5.41) is 9.83. The normalized spacial score (nSPS) is 12.3. The molecule has 0 amide bonds. The van der Waals surface area contributed by atoms with Gasteiger partial charge in [0.15, 0.2) is 0 Å². The molecule has 78 valence electrons. The van der Waals surface area contributed by atoms with E-state index in [-0.39, 0.29) is 12.0 Å². The molecule has 2 rings (SSSR count). The van der Waals surface area contributed by atoms with Gasteiger partial charge in [-0.3, -0.25) is 5.10 Å². The van der Waals surface area contributed by atoms with Gasteiger partial charge in [-0.2, -0.15) is 10.1 Å². The summed E-state index contributed by atoms with van der Waals surface area (Å²) in [4.78, 5) is 7.87. The van der Waals surface area contributed by atoms with Crippen molar-refractivity contribution in [2.24, 2.45) is 0 Å². The first kappa shape index (κ1) is 9.45. The van der Waals surface area contributed by atoms with E-state index >= 15 is 0 Å². The lowest BCUT2D eigenvalue weighted by molar-refractivity contribution is 0.874. The molecule has 0 aromatic carbocycles. The SMILES string of the molecule is CC(Nc1ccnc(N)n1)c1cn[nH]c1. The Kier molecular flexibility index (Phi) is 2.49. The number of nitrogen functional groups attached to an aromatic ring is 1. The first-order valence-corrected chi connectivity index (χ1v) is 4.59. The van der Waals surface area contributed by atoms with Gasteiger partial charge in [-0.25, -0.2) is 4.98 Å². The molecule has 0 bridgehead atoms. The van der Waals surface area contributed by atoms with Gasteiger partial charge in [-0.1, -0.05) is 0 Å². The lowest BCUT2D eigenvalue weighted by atomic mass is 10.2. The van der Waals surface area contributed by atoms with Gasteiger partial charge >= 0.3 is 0 Å². The fourth-order valence-electron chi connectivity index (χ4n) is 1.26. The van der Waals surface area contributed by atoms with Crippen LogP contribution in [0.25, 0.3) is 0 Å². The average Bonchev–Trinajstić information content (AvgIpc) is 2.70. The van der Waals surface area contributed by atoms with Crippen LogP contribution in [0.1, 0.15) is 18.5 Å². The number of nitrogens with two attached hydrogens (primary N) is 1. The van der Waals surface area contributed by atoms with Crippen LogP contribution in [-0.2, 0) is 0 Å². The molecule has 0 aliphatic rings. The molecule has 0 radical (unpaired) electrons. The molecule has 0 saturated heterocycles. The van der Waals surface area contributed by atoms with Gasteiger partial charge in [0.1, 0.15) is 5.82 Å². The summed E-state index contributed by atoms with van der Waals surface area (Å²) in [5.74, 6) is 0.968. The Bertz CT molecular complexity index is 424. The minimum atomic E-state index is 0.123. The second-order valence-electron chi connectivity index (χ2n) is 3.20. The van der Waals surface area contributed by atoms with Crippen molar-refractivity contribution in [2.45, 2.75) is 13.0 Å². The maximum atomic E-state index is 5.47. The fraction of sp³-hybridized carbons (Fsp3) is 0.222. The van der Waals surface area contributed by atoms with Gasteiger partial charge < -0.3 is 11.1 Å². The number of hydrogen-bond acceptors (Lipinski definition) is 5. The quantitative estimate of drug-likeness (QED) is 0.692. The molecule has 2 aromatic heterocycles. The van der Waals surface area contributed by atoms with Crippen LogP contribution < -0.4 is 11.1 Å². The van der Waals surface area contributed by atoms with Gasteiger partial charge in [0, 0.05) is 18.0 Å². The molecular weight excluding hydrogens is 192 g/mol. The Morgan fingerprint density at radius 3 is 3.07 bits per heavy atom. The van der Waals surface area contributed by atoms with Gasteiger partial charge in [-0.05, 0) is 13.0 Å². The van der Waals surface area contributed by atoms with Crippen LogP contribution in [0.2, 0.25) is 0 Å². The van der Waals surface area contributed by atoms with E-state index in [1.165, 1.54) is 0 Å². The van der Waals surface area contributed by atoms with E-state index in [9.17, 15) is 0 Å². The molecule has 0 spiro atoms. The maximum absolute atomic E-state index is 5.47. The Balaban J connectivity index is 2.09. The lowest BCUT2D eigenvalue weighted by Crippen LogP contribution is -2.08. The zero-order valence-corrected chi connectivity index (χ0v) is 8.31. The Morgan fingerprint density at radius 1 is 1.53 bits per heavy atom. The van der Waals surface area contributed by atoms with E-state index in [2.05, 4.69) is 25.5 Å². The minimum Gasteiger partial charge on any atom is -0.368 e. The van der Waals surface area contributed by atoms with Crippen LogP contribution in [0, 0.1) is 0 Å². The van der Waals surface area contributed by atoms with Crippen LogP contribution in [0.3, 0.4) is 0 Å². The van der Waals surface area contributed by atoms with Crippen LogP contribution >= 0.6 is 0 Å². The average molecular weight is 204 g/mol. The highest BCUT2D eigenvalue weighted by molar-refractivity contribution is 5.39. The third-order valence-corrected chi connectivity index (χ3v) is 2.06. The molecule has 1 atom stereocenters. The summed E-state index contributed by atoms with van der Waals surface area (Å²) in [7, 11) is 0. The molecule has 0 fully saturated rings. The topological polar surface area (TPSA) is 92.5 Å². The van der Waals surface area contributed by atoms with Crippen molar-refractivity contribution >= 4 is 11.8 Å². The standard InChI is InChI=1S/C9H12N6/c1-6(7-4-12-13-5-7)14-8-2-3-11-9(10)15-8/h2-6H,1H3,(H,12,13)(H3,10,11,14,15). The molecule has 6 nitrogen and oxygen atoms in total.